The van der Waals surface area contributed by atoms with Crippen molar-refractivity contribution in [3.63, 3.8) is 0 Å². The Hall–Kier alpha value is -2.83. The van der Waals surface area contributed by atoms with Crippen molar-refractivity contribution in [3.8, 4) is 5.75 Å². The monoisotopic (exact) mass is 276 g/mol. The summed E-state index contributed by atoms with van der Waals surface area (Å²) in [5, 5.41) is 11.0. The number of benzene rings is 1. The number of anilines is 1. The molecule has 0 fully saturated rings. The Kier molecular flexibility index (Phi) is 4.33. The van der Waals surface area contributed by atoms with Crippen molar-refractivity contribution in [1.29, 1.82) is 0 Å². The maximum Gasteiger partial charge on any atom is 0.309 e. The molecule has 7 heteroatoms. The number of carboxylic acid groups (broad SMARTS) is 1. The maximum atomic E-state index is 11.6. The van der Waals surface area contributed by atoms with Gasteiger partial charge in [-0.2, -0.15) is 4.98 Å². The highest BCUT2D eigenvalue weighted by atomic mass is 16.5. The lowest BCUT2D eigenvalue weighted by atomic mass is 10.3. The third kappa shape index (κ3) is 4.13. The molecule has 0 atom stereocenters. The van der Waals surface area contributed by atoms with Crippen LogP contribution in [0.5, 0.6) is 5.75 Å². The zero-order chi connectivity index (χ0) is 14.4. The minimum atomic E-state index is -1.02. The summed E-state index contributed by atoms with van der Waals surface area (Å²) >= 11 is 0. The van der Waals surface area contributed by atoms with Crippen LogP contribution in [0, 0.1) is 0 Å². The second kappa shape index (κ2) is 6.37. The molecule has 1 amide bonds. The molecule has 7 nitrogen and oxygen atoms in total. The van der Waals surface area contributed by atoms with Gasteiger partial charge in [-0.3, -0.25) is 14.9 Å². The smallest absolute Gasteiger partial charge is 0.309 e. The van der Waals surface area contributed by atoms with Gasteiger partial charge in [0.25, 0.3) is 5.91 Å². The number of oxazole rings is 1. The Labute approximate surface area is 114 Å². The quantitative estimate of drug-likeness (QED) is 0.825. The number of carbonyl (C=O) groups is 2. The van der Waals surface area contributed by atoms with E-state index in [2.05, 4.69) is 10.3 Å². The van der Waals surface area contributed by atoms with Crippen LogP contribution in [0.15, 0.2) is 41.0 Å². The fourth-order valence-corrected chi connectivity index (χ4v) is 1.42. The second-order valence-corrected chi connectivity index (χ2v) is 3.86. The number of amides is 1. The average Bonchev–Trinajstić information content (AvgIpc) is 2.84. The van der Waals surface area contributed by atoms with Gasteiger partial charge in [0.15, 0.2) is 6.61 Å². The van der Waals surface area contributed by atoms with Crippen molar-refractivity contribution in [1.82, 2.24) is 4.98 Å². The first-order valence-corrected chi connectivity index (χ1v) is 5.77. The van der Waals surface area contributed by atoms with Gasteiger partial charge in [-0.25, -0.2) is 0 Å². The topological polar surface area (TPSA) is 102 Å². The Morgan fingerprint density at radius 1 is 1.30 bits per heavy atom. The SMILES string of the molecule is O=C(O)Cc1coc(NC(=O)COc2ccccc2)n1. The van der Waals surface area contributed by atoms with Gasteiger partial charge in [-0.05, 0) is 12.1 Å². The second-order valence-electron chi connectivity index (χ2n) is 3.86. The number of carboxylic acids is 1. The van der Waals surface area contributed by atoms with Crippen LogP contribution in [-0.2, 0) is 16.0 Å². The van der Waals surface area contributed by atoms with Crippen LogP contribution in [0.25, 0.3) is 0 Å². The molecule has 0 aliphatic rings. The van der Waals surface area contributed by atoms with Gasteiger partial charge in [0, 0.05) is 0 Å². The van der Waals surface area contributed by atoms with Crippen molar-refractivity contribution in [2.45, 2.75) is 6.42 Å². The highest BCUT2D eigenvalue weighted by Crippen LogP contribution is 2.10. The van der Waals surface area contributed by atoms with Crippen molar-refractivity contribution in [3.05, 3.63) is 42.3 Å². The molecule has 1 aromatic heterocycles. The van der Waals surface area contributed by atoms with Gasteiger partial charge in [-0.1, -0.05) is 18.2 Å². The van der Waals surface area contributed by atoms with Gasteiger partial charge < -0.3 is 14.3 Å². The molecule has 0 spiro atoms. The van der Waals surface area contributed by atoms with Gasteiger partial charge in [0.1, 0.15) is 12.0 Å². The summed E-state index contributed by atoms with van der Waals surface area (Å²) in [4.78, 5) is 25.8. The maximum absolute atomic E-state index is 11.6. The number of aromatic nitrogens is 1. The lowest BCUT2D eigenvalue weighted by Crippen LogP contribution is -2.20. The van der Waals surface area contributed by atoms with Crippen LogP contribution in [0.2, 0.25) is 0 Å². The number of nitrogens with one attached hydrogen (secondary N) is 1. The summed E-state index contributed by atoms with van der Waals surface area (Å²) in [6, 6.07) is 8.82. The van der Waals surface area contributed by atoms with E-state index in [1.165, 1.54) is 6.26 Å². The summed E-state index contributed by atoms with van der Waals surface area (Å²) in [7, 11) is 0. The van der Waals surface area contributed by atoms with Gasteiger partial charge in [0.05, 0.1) is 12.1 Å². The Morgan fingerprint density at radius 3 is 2.75 bits per heavy atom. The summed E-state index contributed by atoms with van der Waals surface area (Å²) in [5.41, 5.74) is 0.233. The van der Waals surface area contributed by atoms with E-state index in [0.717, 1.165) is 0 Å². The van der Waals surface area contributed by atoms with Crippen molar-refractivity contribution in [2.75, 3.05) is 11.9 Å². The Bertz CT molecular complexity index is 594. The molecular weight excluding hydrogens is 264 g/mol. The van der Waals surface area contributed by atoms with Gasteiger partial charge >= 0.3 is 12.0 Å². The van der Waals surface area contributed by atoms with Crippen molar-refractivity contribution < 1.29 is 23.8 Å². The molecule has 0 aliphatic heterocycles. The van der Waals surface area contributed by atoms with Crippen LogP contribution in [0.4, 0.5) is 6.01 Å². The van der Waals surface area contributed by atoms with E-state index in [1.54, 1.807) is 24.3 Å². The first kappa shape index (κ1) is 13.6. The van der Waals surface area contributed by atoms with Gasteiger partial charge in [-0.15, -0.1) is 0 Å². The van der Waals surface area contributed by atoms with Crippen LogP contribution < -0.4 is 10.1 Å². The molecule has 0 saturated heterocycles. The van der Waals surface area contributed by atoms with Crippen molar-refractivity contribution >= 4 is 17.9 Å². The van der Waals surface area contributed by atoms with Crippen molar-refractivity contribution in [2.24, 2.45) is 0 Å². The van der Waals surface area contributed by atoms with E-state index in [1.807, 2.05) is 6.07 Å². The zero-order valence-corrected chi connectivity index (χ0v) is 10.4. The molecule has 104 valence electrons. The predicted molar refractivity (Wildman–Crippen MR) is 68.4 cm³/mol. The molecule has 1 heterocycles. The van der Waals surface area contributed by atoms with E-state index < -0.39 is 11.9 Å². The molecule has 2 aromatic rings. The normalized spacial score (nSPS) is 10.0. The molecule has 1 aromatic carbocycles. The molecule has 2 N–H and O–H groups in total. The van der Waals surface area contributed by atoms with Crippen LogP contribution in [0.3, 0.4) is 0 Å². The number of rotatable bonds is 6. The summed E-state index contributed by atoms with van der Waals surface area (Å²) < 4.78 is 10.2. The number of aliphatic carboxylic acids is 1. The summed E-state index contributed by atoms with van der Waals surface area (Å²) in [6.07, 6.45) is 0.918. The third-order valence-corrected chi connectivity index (χ3v) is 2.24. The summed E-state index contributed by atoms with van der Waals surface area (Å²) in [5.74, 6) is -0.900. The van der Waals surface area contributed by atoms with Gasteiger partial charge in [0.2, 0.25) is 0 Å². The molecule has 2 rings (SSSR count). The Morgan fingerprint density at radius 2 is 2.05 bits per heavy atom. The summed E-state index contributed by atoms with van der Waals surface area (Å²) in [6.45, 7) is -0.194. The highest BCUT2D eigenvalue weighted by molar-refractivity contribution is 5.89. The van der Waals surface area contributed by atoms with E-state index in [4.69, 9.17) is 14.3 Å². The third-order valence-electron chi connectivity index (χ3n) is 2.24. The standard InChI is InChI=1S/C13H12N2O5/c16-11(8-19-10-4-2-1-3-5-10)15-13-14-9(7-20-13)6-12(17)18/h1-5,7H,6,8H2,(H,17,18)(H,14,15,16). The number of carbonyl (C=O) groups excluding carboxylic acids is 1. The molecule has 20 heavy (non-hydrogen) atoms. The largest absolute Gasteiger partial charge is 0.484 e. The zero-order valence-electron chi connectivity index (χ0n) is 10.4. The van der Waals surface area contributed by atoms with Crippen LogP contribution >= 0.6 is 0 Å². The Balaban J connectivity index is 1.82. The minimum Gasteiger partial charge on any atom is -0.484 e. The number of ether oxygens (including phenoxy) is 1. The van der Waals surface area contributed by atoms with E-state index in [0.29, 0.717) is 5.75 Å². The molecule has 0 radical (unpaired) electrons. The lowest BCUT2D eigenvalue weighted by molar-refractivity contribution is -0.136. The molecule has 0 saturated carbocycles. The highest BCUT2D eigenvalue weighted by Gasteiger charge is 2.10. The fraction of sp³-hybridized carbons (Fsp3) is 0.154. The lowest BCUT2D eigenvalue weighted by Gasteiger charge is -2.04. The van der Waals surface area contributed by atoms with Crippen LogP contribution in [0.1, 0.15) is 5.69 Å². The average molecular weight is 276 g/mol. The molecular formula is C13H12N2O5. The predicted octanol–water partition coefficient (Wildman–Crippen LogP) is 1.32. The number of nitrogens with zero attached hydrogens (tertiary/aromatic N) is 1. The number of hydrogen-bond donors (Lipinski definition) is 2. The first-order valence-electron chi connectivity index (χ1n) is 5.77. The molecule has 0 unspecified atom stereocenters. The molecule has 0 aliphatic carbocycles. The van der Waals surface area contributed by atoms with E-state index in [-0.39, 0.29) is 24.7 Å². The number of hydrogen-bond acceptors (Lipinski definition) is 5. The first-order chi connectivity index (χ1) is 9.63. The van der Waals surface area contributed by atoms with E-state index in [9.17, 15) is 9.59 Å². The number of para-hydroxylation sites is 1. The molecule has 0 bridgehead atoms. The van der Waals surface area contributed by atoms with E-state index >= 15 is 0 Å². The minimum absolute atomic E-state index is 0.0529. The van der Waals surface area contributed by atoms with Crippen LogP contribution in [-0.4, -0.2) is 28.6 Å². The fourth-order valence-electron chi connectivity index (χ4n) is 1.42.